The SMILES string of the molecule is CS(=O)(=O)n1cc(C(N)=O)c2ccccc2c1=O. The van der Waals surface area contributed by atoms with Crippen molar-refractivity contribution in [3.05, 3.63) is 46.4 Å². The lowest BCUT2D eigenvalue weighted by atomic mass is 10.1. The number of fused-ring (bicyclic) bond motifs is 1. The third kappa shape index (κ3) is 1.88. The first kappa shape index (κ1) is 12.3. The lowest BCUT2D eigenvalue weighted by Crippen LogP contribution is -2.28. The molecule has 1 amide bonds. The zero-order valence-electron chi connectivity index (χ0n) is 9.45. The Morgan fingerprint density at radius 1 is 1.22 bits per heavy atom. The molecule has 0 fully saturated rings. The predicted molar refractivity (Wildman–Crippen MR) is 67.0 cm³/mol. The Morgan fingerprint density at radius 2 is 1.78 bits per heavy atom. The zero-order chi connectivity index (χ0) is 13.5. The summed E-state index contributed by atoms with van der Waals surface area (Å²) in [7, 11) is -3.78. The average Bonchev–Trinajstić information content (AvgIpc) is 2.27. The lowest BCUT2D eigenvalue weighted by molar-refractivity contribution is 0.100. The number of primary amides is 1. The van der Waals surface area contributed by atoms with Crippen LogP contribution in [0.3, 0.4) is 0 Å². The van der Waals surface area contributed by atoms with Gasteiger partial charge in [-0.3, -0.25) is 9.59 Å². The van der Waals surface area contributed by atoms with E-state index in [0.29, 0.717) is 9.36 Å². The van der Waals surface area contributed by atoms with Gasteiger partial charge in [-0.1, -0.05) is 18.2 Å². The summed E-state index contributed by atoms with van der Waals surface area (Å²) in [5.74, 6) is -0.788. The molecular weight excluding hydrogens is 256 g/mol. The number of amides is 1. The summed E-state index contributed by atoms with van der Waals surface area (Å²) in [5.41, 5.74) is 4.49. The van der Waals surface area contributed by atoms with E-state index in [1.54, 1.807) is 18.2 Å². The first-order chi connectivity index (χ1) is 8.32. The molecule has 1 heterocycles. The number of carbonyl (C=O) groups is 1. The molecule has 0 aliphatic rings. The van der Waals surface area contributed by atoms with Crippen LogP contribution in [0.25, 0.3) is 10.8 Å². The number of carbonyl (C=O) groups excluding carboxylic acids is 1. The molecule has 2 rings (SSSR count). The topological polar surface area (TPSA) is 99.2 Å². The molecule has 18 heavy (non-hydrogen) atoms. The van der Waals surface area contributed by atoms with Crippen molar-refractivity contribution in [2.75, 3.05) is 6.26 Å². The Kier molecular flexibility index (Phi) is 2.70. The van der Waals surface area contributed by atoms with Gasteiger partial charge in [0.1, 0.15) is 0 Å². The van der Waals surface area contributed by atoms with Crippen molar-refractivity contribution in [2.45, 2.75) is 0 Å². The highest BCUT2D eigenvalue weighted by Gasteiger charge is 2.16. The van der Waals surface area contributed by atoms with Crippen molar-refractivity contribution in [1.82, 2.24) is 3.97 Å². The number of aromatic nitrogens is 1. The van der Waals surface area contributed by atoms with Gasteiger partial charge in [-0.05, 0) is 6.07 Å². The van der Waals surface area contributed by atoms with Crippen LogP contribution in [0.1, 0.15) is 10.4 Å². The Bertz CT molecular complexity index is 805. The molecule has 1 aromatic carbocycles. The highest BCUT2D eigenvalue weighted by atomic mass is 32.2. The normalized spacial score (nSPS) is 11.6. The van der Waals surface area contributed by atoms with Crippen molar-refractivity contribution >= 4 is 26.7 Å². The molecule has 0 saturated heterocycles. The number of hydrogen-bond acceptors (Lipinski definition) is 4. The quantitative estimate of drug-likeness (QED) is 0.820. The molecule has 0 bridgehead atoms. The van der Waals surface area contributed by atoms with Gasteiger partial charge in [-0.25, -0.2) is 12.4 Å². The Hall–Kier alpha value is -2.15. The van der Waals surface area contributed by atoms with Crippen molar-refractivity contribution in [3.63, 3.8) is 0 Å². The molecule has 0 saturated carbocycles. The van der Waals surface area contributed by atoms with Gasteiger partial charge in [-0.15, -0.1) is 0 Å². The molecule has 0 aliphatic heterocycles. The summed E-state index contributed by atoms with van der Waals surface area (Å²) in [6.45, 7) is 0. The minimum atomic E-state index is -3.78. The minimum absolute atomic E-state index is 0.00405. The molecule has 2 N–H and O–H groups in total. The Labute approximate surface area is 103 Å². The predicted octanol–water partition coefficient (Wildman–Crippen LogP) is -0.0919. The summed E-state index contributed by atoms with van der Waals surface area (Å²) in [5, 5.41) is 0.481. The molecule has 94 valence electrons. The fourth-order valence-corrected chi connectivity index (χ4v) is 2.41. The number of pyridine rings is 1. The summed E-state index contributed by atoms with van der Waals surface area (Å²) in [4.78, 5) is 23.3. The van der Waals surface area contributed by atoms with Crippen LogP contribution in [-0.4, -0.2) is 24.6 Å². The van der Waals surface area contributed by atoms with Crippen LogP contribution in [0.4, 0.5) is 0 Å². The molecule has 0 radical (unpaired) electrons. The third-order valence-corrected chi connectivity index (χ3v) is 3.50. The monoisotopic (exact) mass is 266 g/mol. The molecular formula is C11H10N2O4S. The van der Waals surface area contributed by atoms with Crippen molar-refractivity contribution in [2.24, 2.45) is 5.73 Å². The molecule has 0 unspecified atom stereocenters. The smallest absolute Gasteiger partial charge is 0.272 e. The molecule has 0 spiro atoms. The van der Waals surface area contributed by atoms with Gasteiger partial charge in [0.2, 0.25) is 10.0 Å². The van der Waals surface area contributed by atoms with Crippen LogP contribution < -0.4 is 11.3 Å². The molecule has 0 aliphatic carbocycles. The zero-order valence-corrected chi connectivity index (χ0v) is 10.3. The molecule has 1 aromatic heterocycles. The van der Waals surface area contributed by atoms with E-state index in [-0.39, 0.29) is 10.9 Å². The Morgan fingerprint density at radius 3 is 2.28 bits per heavy atom. The van der Waals surface area contributed by atoms with Crippen LogP contribution in [0, 0.1) is 0 Å². The molecule has 6 nitrogen and oxygen atoms in total. The molecule has 2 aromatic rings. The van der Waals surface area contributed by atoms with Crippen LogP contribution >= 0.6 is 0 Å². The van der Waals surface area contributed by atoms with Crippen LogP contribution in [0.5, 0.6) is 0 Å². The van der Waals surface area contributed by atoms with E-state index in [1.807, 2.05) is 0 Å². The van der Waals surface area contributed by atoms with E-state index >= 15 is 0 Å². The van der Waals surface area contributed by atoms with Gasteiger partial charge in [0.05, 0.1) is 11.8 Å². The highest BCUT2D eigenvalue weighted by molar-refractivity contribution is 7.89. The first-order valence-electron chi connectivity index (χ1n) is 4.97. The maximum atomic E-state index is 12.0. The van der Waals surface area contributed by atoms with E-state index in [9.17, 15) is 18.0 Å². The summed E-state index contributed by atoms with van der Waals surface area (Å²) in [6, 6.07) is 6.22. The van der Waals surface area contributed by atoms with Gasteiger partial charge < -0.3 is 5.73 Å². The fraction of sp³-hybridized carbons (Fsp3) is 0.0909. The van der Waals surface area contributed by atoms with Crippen LogP contribution in [-0.2, 0) is 10.0 Å². The number of nitrogens with zero attached hydrogens (tertiary/aromatic N) is 1. The van der Waals surface area contributed by atoms with Gasteiger partial charge in [0.25, 0.3) is 11.5 Å². The molecule has 7 heteroatoms. The van der Waals surface area contributed by atoms with Crippen LogP contribution in [0.15, 0.2) is 35.3 Å². The van der Waals surface area contributed by atoms with E-state index in [2.05, 4.69) is 0 Å². The van der Waals surface area contributed by atoms with Crippen molar-refractivity contribution in [3.8, 4) is 0 Å². The molecule has 0 atom stereocenters. The van der Waals surface area contributed by atoms with E-state index in [1.165, 1.54) is 6.07 Å². The van der Waals surface area contributed by atoms with E-state index in [4.69, 9.17) is 5.73 Å². The van der Waals surface area contributed by atoms with Gasteiger partial charge in [0.15, 0.2) is 0 Å². The largest absolute Gasteiger partial charge is 0.366 e. The number of hydrogen-bond donors (Lipinski definition) is 1. The van der Waals surface area contributed by atoms with Gasteiger partial charge in [0, 0.05) is 17.0 Å². The van der Waals surface area contributed by atoms with Crippen LogP contribution in [0.2, 0.25) is 0 Å². The van der Waals surface area contributed by atoms with Gasteiger partial charge >= 0.3 is 0 Å². The fourth-order valence-electron chi connectivity index (χ4n) is 1.71. The second-order valence-electron chi connectivity index (χ2n) is 3.82. The van der Waals surface area contributed by atoms with Crippen molar-refractivity contribution < 1.29 is 13.2 Å². The maximum absolute atomic E-state index is 12.0. The van der Waals surface area contributed by atoms with E-state index < -0.39 is 21.5 Å². The second kappa shape index (κ2) is 3.95. The highest BCUT2D eigenvalue weighted by Crippen LogP contribution is 2.15. The second-order valence-corrected chi connectivity index (χ2v) is 5.68. The third-order valence-electron chi connectivity index (χ3n) is 2.52. The maximum Gasteiger partial charge on any atom is 0.272 e. The summed E-state index contributed by atoms with van der Waals surface area (Å²) >= 11 is 0. The number of nitrogens with two attached hydrogens (primary N) is 1. The summed E-state index contributed by atoms with van der Waals surface area (Å²) in [6.07, 6.45) is 1.84. The summed E-state index contributed by atoms with van der Waals surface area (Å²) < 4.78 is 23.5. The number of rotatable bonds is 2. The van der Waals surface area contributed by atoms with E-state index in [0.717, 1.165) is 12.5 Å². The number of benzene rings is 1. The van der Waals surface area contributed by atoms with Crippen molar-refractivity contribution in [1.29, 1.82) is 0 Å². The van der Waals surface area contributed by atoms with Gasteiger partial charge in [-0.2, -0.15) is 0 Å². The standard InChI is InChI=1S/C11H10N2O4S/c1-18(16,17)13-6-9(10(12)14)7-4-2-3-5-8(7)11(13)15/h2-6H,1H3,(H2,12,14). The average molecular weight is 266 g/mol. The minimum Gasteiger partial charge on any atom is -0.366 e. The first-order valence-corrected chi connectivity index (χ1v) is 6.82. The Balaban J connectivity index is 3.07. The lowest BCUT2D eigenvalue weighted by Gasteiger charge is -2.08.